The Morgan fingerprint density at radius 3 is 1.88 bits per heavy atom. The van der Waals surface area contributed by atoms with Crippen LogP contribution in [0.5, 0.6) is 0 Å². The lowest BCUT2D eigenvalue weighted by Gasteiger charge is -2.28. The lowest BCUT2D eigenvalue weighted by atomic mass is 10.1. The molecule has 0 bridgehead atoms. The Morgan fingerprint density at radius 2 is 1.44 bits per heavy atom. The molecule has 0 nitrogen and oxygen atoms in total. The van der Waals surface area contributed by atoms with Gasteiger partial charge in [0.15, 0.2) is 0 Å². The third-order valence-corrected chi connectivity index (χ3v) is 8.38. The minimum Gasteiger partial charge on any atom is -0.166 e. The molecule has 1 aliphatic rings. The van der Waals surface area contributed by atoms with Gasteiger partial charge in [-0.25, -0.2) is 0 Å². The summed E-state index contributed by atoms with van der Waals surface area (Å²) >= 11 is 0. The lowest BCUT2D eigenvalue weighted by molar-refractivity contribution is -0.142. The van der Waals surface area contributed by atoms with Gasteiger partial charge < -0.3 is 0 Å². The maximum atomic E-state index is 13.1. The third-order valence-electron chi connectivity index (χ3n) is 4.61. The van der Waals surface area contributed by atoms with Gasteiger partial charge in [0.25, 0.3) is 0 Å². The first-order valence-electron chi connectivity index (χ1n) is 8.06. The first-order chi connectivity index (χ1) is 11.4. The molecule has 0 heterocycles. The van der Waals surface area contributed by atoms with E-state index in [0.717, 1.165) is 35.7 Å². The van der Waals surface area contributed by atoms with E-state index in [1.54, 1.807) is 0 Å². The fraction of sp³-hybridized carbons (Fsp3) is 0.444. The van der Waals surface area contributed by atoms with Gasteiger partial charge in [-0.1, -0.05) is 66.7 Å². The Labute approximate surface area is 144 Å². The molecule has 138 valence electrons. The molecule has 0 aromatic heterocycles. The van der Waals surface area contributed by atoms with Crippen molar-refractivity contribution in [2.45, 2.75) is 51.6 Å². The van der Waals surface area contributed by atoms with Crippen LogP contribution in [0, 0.1) is 0 Å². The van der Waals surface area contributed by atoms with E-state index in [1.807, 2.05) is 32.2 Å². The molecular formula is C18H20F6Si. The maximum Gasteiger partial charge on any atom is 0.416 e. The van der Waals surface area contributed by atoms with Gasteiger partial charge in [0.1, 0.15) is 8.07 Å². The highest BCUT2D eigenvalue weighted by Crippen LogP contribution is 2.37. The van der Waals surface area contributed by atoms with Gasteiger partial charge in [0.2, 0.25) is 0 Å². The van der Waals surface area contributed by atoms with Crippen molar-refractivity contribution in [3.63, 3.8) is 0 Å². The summed E-state index contributed by atoms with van der Waals surface area (Å²) in [6, 6.07) is 1.99. The van der Waals surface area contributed by atoms with Crippen molar-refractivity contribution in [3.05, 3.63) is 52.2 Å². The van der Waals surface area contributed by atoms with E-state index in [2.05, 4.69) is 0 Å². The fourth-order valence-electron chi connectivity index (χ4n) is 3.20. The summed E-state index contributed by atoms with van der Waals surface area (Å²) in [5.74, 6) is 0. The van der Waals surface area contributed by atoms with Crippen molar-refractivity contribution in [1.29, 1.82) is 0 Å². The number of hydrogen-bond donors (Lipinski definition) is 0. The number of halogens is 6. The molecule has 1 aromatic rings. The SMILES string of the molecule is CCCC1=C([Si](C)(C)c2cc(C(F)(F)F)cc(C(F)(F)F)c2)CC=C1. The van der Waals surface area contributed by atoms with Crippen molar-refractivity contribution in [1.82, 2.24) is 0 Å². The topological polar surface area (TPSA) is 0 Å². The average molecular weight is 378 g/mol. The molecule has 0 saturated carbocycles. The van der Waals surface area contributed by atoms with Gasteiger partial charge in [-0.05, 0) is 18.9 Å². The van der Waals surface area contributed by atoms with Crippen LogP contribution < -0.4 is 5.19 Å². The van der Waals surface area contributed by atoms with Crippen LogP contribution in [0.4, 0.5) is 26.3 Å². The smallest absolute Gasteiger partial charge is 0.166 e. The first-order valence-corrected chi connectivity index (χ1v) is 11.1. The second-order valence-electron chi connectivity index (χ2n) is 6.78. The van der Waals surface area contributed by atoms with Crippen molar-refractivity contribution in [2.75, 3.05) is 0 Å². The highest BCUT2D eigenvalue weighted by molar-refractivity contribution is 6.95. The first kappa shape index (κ1) is 19.8. The predicted octanol–water partition coefficient (Wildman–Crippen LogP) is 6.24. The van der Waals surface area contributed by atoms with Crippen molar-refractivity contribution >= 4 is 13.3 Å². The Bertz CT molecular complexity index is 675. The minimum atomic E-state index is -4.81. The van der Waals surface area contributed by atoms with Gasteiger partial charge >= 0.3 is 12.4 Å². The Balaban J connectivity index is 2.63. The molecule has 0 aliphatic heterocycles. The normalized spacial score (nSPS) is 16.0. The van der Waals surface area contributed by atoms with Crippen molar-refractivity contribution in [2.24, 2.45) is 0 Å². The number of rotatable bonds is 4. The molecule has 0 amide bonds. The largest absolute Gasteiger partial charge is 0.416 e. The molecule has 0 N–H and O–H groups in total. The second-order valence-corrected chi connectivity index (χ2v) is 11.2. The second kappa shape index (κ2) is 6.66. The standard InChI is InChI=1S/C18H20F6Si/c1-4-6-12-7-5-8-16(12)25(2,3)15-10-13(17(19,20)21)9-14(11-15)18(22,23)24/h5,7,9-11H,4,6,8H2,1-3H3. The maximum absolute atomic E-state index is 13.1. The van der Waals surface area contributed by atoms with E-state index in [1.165, 1.54) is 0 Å². The fourth-order valence-corrected chi connectivity index (χ4v) is 6.22. The van der Waals surface area contributed by atoms with E-state index in [-0.39, 0.29) is 11.3 Å². The van der Waals surface area contributed by atoms with Crippen LogP contribution >= 0.6 is 0 Å². The zero-order chi connectivity index (χ0) is 19.0. The molecule has 0 fully saturated rings. The van der Waals surface area contributed by atoms with Gasteiger partial charge in [0, 0.05) is 0 Å². The predicted molar refractivity (Wildman–Crippen MR) is 89.3 cm³/mol. The monoisotopic (exact) mass is 378 g/mol. The molecule has 1 aromatic carbocycles. The molecular weight excluding hydrogens is 358 g/mol. The van der Waals surface area contributed by atoms with Crippen LogP contribution in [-0.2, 0) is 12.4 Å². The molecule has 2 rings (SSSR count). The lowest BCUT2D eigenvalue weighted by Crippen LogP contribution is -2.45. The van der Waals surface area contributed by atoms with E-state index < -0.39 is 31.6 Å². The molecule has 0 atom stereocenters. The minimum absolute atomic E-state index is 0.168. The van der Waals surface area contributed by atoms with Gasteiger partial charge in [-0.3, -0.25) is 0 Å². The molecule has 25 heavy (non-hydrogen) atoms. The van der Waals surface area contributed by atoms with Crippen molar-refractivity contribution < 1.29 is 26.3 Å². The van der Waals surface area contributed by atoms with Crippen LogP contribution in [0.3, 0.4) is 0 Å². The highest BCUT2D eigenvalue weighted by atomic mass is 28.3. The average Bonchev–Trinajstić information content (AvgIpc) is 2.94. The summed E-state index contributed by atoms with van der Waals surface area (Å²) in [4.78, 5) is 0. The zero-order valence-corrected chi connectivity index (χ0v) is 15.3. The van der Waals surface area contributed by atoms with Gasteiger partial charge in [0.05, 0.1) is 11.1 Å². The van der Waals surface area contributed by atoms with Gasteiger partial charge in [-0.15, -0.1) is 0 Å². The van der Waals surface area contributed by atoms with E-state index in [9.17, 15) is 26.3 Å². The van der Waals surface area contributed by atoms with E-state index >= 15 is 0 Å². The molecule has 7 heteroatoms. The highest BCUT2D eigenvalue weighted by Gasteiger charge is 2.40. The summed E-state index contributed by atoms with van der Waals surface area (Å²) in [5.41, 5.74) is -1.41. The molecule has 1 aliphatic carbocycles. The zero-order valence-electron chi connectivity index (χ0n) is 14.3. The molecule has 0 spiro atoms. The van der Waals surface area contributed by atoms with Crippen molar-refractivity contribution in [3.8, 4) is 0 Å². The van der Waals surface area contributed by atoms with E-state index in [0.29, 0.717) is 6.42 Å². The van der Waals surface area contributed by atoms with Crippen LogP contribution in [0.25, 0.3) is 0 Å². The number of benzene rings is 1. The quantitative estimate of drug-likeness (QED) is 0.430. The Hall–Kier alpha value is -1.50. The number of allylic oxidation sites excluding steroid dienone is 4. The van der Waals surface area contributed by atoms with Crippen LogP contribution in [0.2, 0.25) is 13.1 Å². The summed E-state index contributed by atoms with van der Waals surface area (Å²) in [6.07, 6.45) is -3.47. The van der Waals surface area contributed by atoms with Crippen LogP contribution in [-0.4, -0.2) is 8.07 Å². The summed E-state index contributed by atoms with van der Waals surface area (Å²) in [5, 5.41) is 1.18. The van der Waals surface area contributed by atoms with Crippen LogP contribution in [0.15, 0.2) is 41.1 Å². The van der Waals surface area contributed by atoms with Crippen LogP contribution in [0.1, 0.15) is 37.3 Å². The Kier molecular flexibility index (Phi) is 5.28. The summed E-state index contributed by atoms with van der Waals surface area (Å²) < 4.78 is 78.7. The number of alkyl halides is 6. The van der Waals surface area contributed by atoms with Gasteiger partial charge in [-0.2, -0.15) is 26.3 Å². The van der Waals surface area contributed by atoms with E-state index in [4.69, 9.17) is 0 Å². The summed E-state index contributed by atoms with van der Waals surface area (Å²) in [6.45, 7) is 5.64. The molecule has 0 unspecified atom stereocenters. The third kappa shape index (κ3) is 4.19. The summed E-state index contributed by atoms with van der Waals surface area (Å²) in [7, 11) is -2.65. The number of hydrogen-bond acceptors (Lipinski definition) is 0. The molecule has 0 radical (unpaired) electrons. The Morgan fingerprint density at radius 1 is 0.920 bits per heavy atom. The molecule has 0 saturated heterocycles.